The molecule has 0 aromatic carbocycles. The van der Waals surface area contributed by atoms with Gasteiger partial charge in [-0.25, -0.2) is 0 Å². The van der Waals surface area contributed by atoms with Crippen LogP contribution >= 0.6 is 11.8 Å². The van der Waals surface area contributed by atoms with E-state index in [2.05, 4.69) is 30.7 Å². The Morgan fingerprint density at radius 2 is 1.77 bits per heavy atom. The minimum Gasteiger partial charge on any atom is -0.349 e. The van der Waals surface area contributed by atoms with Crippen LogP contribution in [0.25, 0.3) is 0 Å². The van der Waals surface area contributed by atoms with E-state index in [1.54, 1.807) is 11.8 Å². The molecule has 0 aliphatic carbocycles. The Kier molecular flexibility index (Phi) is 4.06. The Labute approximate surface area is 85.0 Å². The molecule has 1 heterocycles. The minimum absolute atomic E-state index is 0.521. The van der Waals surface area contributed by atoms with E-state index in [0.29, 0.717) is 5.25 Å². The first-order chi connectivity index (χ1) is 6.09. The van der Waals surface area contributed by atoms with Gasteiger partial charge in [-0.3, -0.25) is 5.41 Å². The summed E-state index contributed by atoms with van der Waals surface area (Å²) in [6, 6.07) is 0. The van der Waals surface area contributed by atoms with Crippen LogP contribution in [0.15, 0.2) is 0 Å². The maximum Gasteiger partial charge on any atom is 0.156 e. The lowest BCUT2D eigenvalue weighted by atomic mass is 10.3. The molecule has 1 aliphatic rings. The first-order valence-corrected chi connectivity index (χ1v) is 5.66. The van der Waals surface area contributed by atoms with Crippen molar-refractivity contribution in [3.05, 3.63) is 0 Å². The molecule has 13 heavy (non-hydrogen) atoms. The van der Waals surface area contributed by atoms with Crippen molar-refractivity contribution in [2.24, 2.45) is 0 Å². The topological polar surface area (TPSA) is 30.3 Å². The summed E-state index contributed by atoms with van der Waals surface area (Å²) in [7, 11) is 2.14. The van der Waals surface area contributed by atoms with E-state index < -0.39 is 0 Å². The predicted molar refractivity (Wildman–Crippen MR) is 59.5 cm³/mol. The van der Waals surface area contributed by atoms with E-state index >= 15 is 0 Å². The van der Waals surface area contributed by atoms with E-state index in [9.17, 15) is 0 Å². The normalized spacial score (nSPS) is 19.5. The summed E-state index contributed by atoms with van der Waals surface area (Å²) in [5.74, 6) is 0. The van der Waals surface area contributed by atoms with Crippen molar-refractivity contribution in [3.63, 3.8) is 0 Å². The number of rotatable bonds is 1. The molecule has 0 bridgehead atoms. The zero-order chi connectivity index (χ0) is 9.84. The molecule has 1 N–H and O–H groups in total. The Hall–Kier alpha value is -0.220. The Balaban J connectivity index is 2.31. The van der Waals surface area contributed by atoms with Gasteiger partial charge >= 0.3 is 0 Å². The number of piperazine rings is 1. The van der Waals surface area contributed by atoms with E-state index in [1.165, 1.54) is 0 Å². The van der Waals surface area contributed by atoms with Crippen molar-refractivity contribution in [1.82, 2.24) is 9.80 Å². The maximum absolute atomic E-state index is 7.85. The molecule has 0 amide bonds. The second kappa shape index (κ2) is 4.86. The average molecular weight is 201 g/mol. The highest BCUT2D eigenvalue weighted by molar-refractivity contribution is 8.14. The van der Waals surface area contributed by atoms with Crippen LogP contribution in [0.1, 0.15) is 13.8 Å². The van der Waals surface area contributed by atoms with Crippen molar-refractivity contribution in [2.75, 3.05) is 33.2 Å². The highest BCUT2D eigenvalue weighted by atomic mass is 32.2. The van der Waals surface area contributed by atoms with Crippen LogP contribution in [0, 0.1) is 5.41 Å². The number of nitrogens with zero attached hydrogens (tertiary/aromatic N) is 2. The zero-order valence-electron chi connectivity index (χ0n) is 8.71. The summed E-state index contributed by atoms with van der Waals surface area (Å²) < 4.78 is 0. The van der Waals surface area contributed by atoms with Gasteiger partial charge in [0.25, 0.3) is 0 Å². The van der Waals surface area contributed by atoms with Gasteiger partial charge in [0.2, 0.25) is 0 Å². The maximum atomic E-state index is 7.85. The second-order valence-corrected chi connectivity index (χ2v) is 5.33. The average Bonchev–Trinajstić information content (AvgIpc) is 2.04. The van der Waals surface area contributed by atoms with E-state index in [0.717, 1.165) is 31.3 Å². The Morgan fingerprint density at radius 1 is 1.23 bits per heavy atom. The quantitative estimate of drug-likeness (QED) is 0.512. The third kappa shape index (κ3) is 3.56. The van der Waals surface area contributed by atoms with Crippen LogP contribution < -0.4 is 0 Å². The molecule has 76 valence electrons. The lowest BCUT2D eigenvalue weighted by Crippen LogP contribution is -2.46. The van der Waals surface area contributed by atoms with Gasteiger partial charge < -0.3 is 9.80 Å². The van der Waals surface area contributed by atoms with Gasteiger partial charge in [-0.05, 0) is 7.05 Å². The van der Waals surface area contributed by atoms with E-state index in [1.807, 2.05) is 0 Å². The number of hydrogen-bond acceptors (Lipinski definition) is 3. The monoisotopic (exact) mass is 201 g/mol. The van der Waals surface area contributed by atoms with Gasteiger partial charge in [0.15, 0.2) is 5.17 Å². The molecule has 0 spiro atoms. The van der Waals surface area contributed by atoms with Crippen LogP contribution in [-0.2, 0) is 0 Å². The van der Waals surface area contributed by atoms with Crippen LogP contribution in [0.3, 0.4) is 0 Å². The van der Waals surface area contributed by atoms with Gasteiger partial charge in [0.1, 0.15) is 0 Å². The summed E-state index contributed by atoms with van der Waals surface area (Å²) in [5, 5.41) is 9.11. The Bertz CT molecular complexity index is 174. The number of nitrogens with one attached hydrogen (secondary N) is 1. The molecule has 1 saturated heterocycles. The number of thioether (sulfide) groups is 1. The molecule has 0 saturated carbocycles. The molecule has 0 unspecified atom stereocenters. The summed E-state index contributed by atoms with van der Waals surface area (Å²) in [5.41, 5.74) is 0. The molecule has 0 aromatic rings. The van der Waals surface area contributed by atoms with Crippen molar-refractivity contribution in [3.8, 4) is 0 Å². The van der Waals surface area contributed by atoms with Crippen LogP contribution in [0.4, 0.5) is 0 Å². The molecule has 0 aromatic heterocycles. The minimum atomic E-state index is 0.521. The fraction of sp³-hybridized carbons (Fsp3) is 0.889. The molecule has 4 heteroatoms. The zero-order valence-corrected chi connectivity index (χ0v) is 9.52. The molecule has 1 fully saturated rings. The summed E-state index contributed by atoms with van der Waals surface area (Å²) >= 11 is 1.65. The van der Waals surface area contributed by atoms with Crippen LogP contribution in [0.5, 0.6) is 0 Å². The van der Waals surface area contributed by atoms with Crippen LogP contribution in [-0.4, -0.2) is 53.4 Å². The van der Waals surface area contributed by atoms with E-state index in [-0.39, 0.29) is 0 Å². The summed E-state index contributed by atoms with van der Waals surface area (Å²) in [6.07, 6.45) is 0. The first kappa shape index (κ1) is 10.9. The largest absolute Gasteiger partial charge is 0.349 e. The molecular formula is C9H19N3S. The molecule has 1 rings (SSSR count). The number of likely N-dealkylation sites (N-methyl/N-ethyl adjacent to an activating group) is 1. The highest BCUT2D eigenvalue weighted by Gasteiger charge is 2.17. The molecule has 0 radical (unpaired) electrons. The van der Waals surface area contributed by atoms with Gasteiger partial charge in [-0.1, -0.05) is 25.6 Å². The van der Waals surface area contributed by atoms with Crippen molar-refractivity contribution < 1.29 is 0 Å². The number of amidine groups is 1. The molecule has 0 atom stereocenters. The molecule has 3 nitrogen and oxygen atoms in total. The third-order valence-corrected chi connectivity index (χ3v) is 3.09. The molecule has 1 aliphatic heterocycles. The van der Waals surface area contributed by atoms with Gasteiger partial charge in [-0.2, -0.15) is 0 Å². The van der Waals surface area contributed by atoms with Crippen molar-refractivity contribution in [1.29, 1.82) is 5.41 Å². The van der Waals surface area contributed by atoms with Crippen molar-refractivity contribution >= 4 is 16.9 Å². The molecular weight excluding hydrogens is 182 g/mol. The van der Waals surface area contributed by atoms with Crippen LogP contribution in [0.2, 0.25) is 0 Å². The second-order valence-electron chi connectivity index (χ2n) is 3.76. The first-order valence-electron chi connectivity index (χ1n) is 4.78. The standard InChI is InChI=1S/C9H19N3S/c1-8(2)13-9(10)12-6-4-11(3)5-7-12/h8,10H,4-7H2,1-3H3. The predicted octanol–water partition coefficient (Wildman–Crippen LogP) is 1.31. The van der Waals surface area contributed by atoms with Gasteiger partial charge in [-0.15, -0.1) is 0 Å². The van der Waals surface area contributed by atoms with Gasteiger partial charge in [0, 0.05) is 31.4 Å². The summed E-state index contributed by atoms with van der Waals surface area (Å²) in [4.78, 5) is 4.48. The van der Waals surface area contributed by atoms with Crippen molar-refractivity contribution in [2.45, 2.75) is 19.1 Å². The SMILES string of the molecule is CC(C)SC(=N)N1CCN(C)CC1. The third-order valence-electron chi connectivity index (χ3n) is 2.14. The Morgan fingerprint density at radius 3 is 2.23 bits per heavy atom. The number of hydrogen-bond donors (Lipinski definition) is 1. The lowest BCUT2D eigenvalue weighted by Gasteiger charge is -2.34. The fourth-order valence-electron chi connectivity index (χ4n) is 1.31. The smallest absolute Gasteiger partial charge is 0.156 e. The van der Waals surface area contributed by atoms with Gasteiger partial charge in [0.05, 0.1) is 0 Å². The highest BCUT2D eigenvalue weighted by Crippen LogP contribution is 2.14. The summed E-state index contributed by atoms with van der Waals surface area (Å²) in [6.45, 7) is 8.46. The lowest BCUT2D eigenvalue weighted by molar-refractivity contribution is 0.217. The fourth-order valence-corrected chi connectivity index (χ4v) is 2.09. The van der Waals surface area contributed by atoms with E-state index in [4.69, 9.17) is 5.41 Å².